The lowest BCUT2D eigenvalue weighted by molar-refractivity contribution is -0.126. The molecule has 3 rings (SSSR count). The van der Waals surface area contributed by atoms with Crippen molar-refractivity contribution in [3.8, 4) is 0 Å². The first-order valence-electron chi connectivity index (χ1n) is 8.66. The van der Waals surface area contributed by atoms with Crippen LogP contribution in [0.2, 0.25) is 0 Å². The standard InChI is InChI=1S/C21H23N3OS/c1-14-9-10-18(16(3)11-14)12-22-23-21-24(20(25)17(4)26-21)13-19-8-6-5-7-15(19)2/h5-12,17H,13H2,1-4H3/b22-12-,23-21+/t17-/m0/s1. The van der Waals surface area contributed by atoms with Crippen LogP contribution >= 0.6 is 11.8 Å². The van der Waals surface area contributed by atoms with Gasteiger partial charge in [0.05, 0.1) is 18.0 Å². The number of amides is 1. The molecule has 1 heterocycles. The molecule has 0 unspecified atom stereocenters. The van der Waals surface area contributed by atoms with E-state index in [-0.39, 0.29) is 11.2 Å². The third-order valence-corrected chi connectivity index (χ3v) is 5.55. The van der Waals surface area contributed by atoms with Gasteiger partial charge in [0.15, 0.2) is 5.17 Å². The van der Waals surface area contributed by atoms with E-state index in [0.29, 0.717) is 11.7 Å². The summed E-state index contributed by atoms with van der Waals surface area (Å²) in [5.41, 5.74) is 5.72. The smallest absolute Gasteiger partial charge is 0.242 e. The van der Waals surface area contributed by atoms with Crippen LogP contribution in [0.3, 0.4) is 0 Å². The molecular weight excluding hydrogens is 342 g/mol. The minimum Gasteiger partial charge on any atom is -0.284 e. The highest BCUT2D eigenvalue weighted by molar-refractivity contribution is 8.15. The van der Waals surface area contributed by atoms with Gasteiger partial charge < -0.3 is 0 Å². The van der Waals surface area contributed by atoms with Gasteiger partial charge in [-0.3, -0.25) is 9.69 Å². The van der Waals surface area contributed by atoms with E-state index in [0.717, 1.165) is 16.7 Å². The van der Waals surface area contributed by atoms with E-state index < -0.39 is 0 Å². The van der Waals surface area contributed by atoms with Crippen molar-refractivity contribution in [1.29, 1.82) is 0 Å². The van der Waals surface area contributed by atoms with E-state index in [2.05, 4.69) is 49.2 Å². The lowest BCUT2D eigenvalue weighted by atomic mass is 10.1. The Hall–Kier alpha value is -2.40. The van der Waals surface area contributed by atoms with E-state index in [1.54, 1.807) is 11.1 Å². The Morgan fingerprint density at radius 3 is 2.62 bits per heavy atom. The van der Waals surface area contributed by atoms with Crippen molar-refractivity contribution in [1.82, 2.24) is 4.90 Å². The van der Waals surface area contributed by atoms with Crippen LogP contribution in [-0.2, 0) is 11.3 Å². The Morgan fingerprint density at radius 2 is 1.88 bits per heavy atom. The molecule has 2 aromatic rings. The molecule has 1 aliphatic rings. The Balaban J connectivity index is 1.82. The van der Waals surface area contributed by atoms with Crippen LogP contribution in [0.25, 0.3) is 0 Å². The van der Waals surface area contributed by atoms with Crippen molar-refractivity contribution in [2.75, 3.05) is 0 Å². The van der Waals surface area contributed by atoms with Crippen molar-refractivity contribution in [3.63, 3.8) is 0 Å². The van der Waals surface area contributed by atoms with Crippen LogP contribution in [0.15, 0.2) is 52.7 Å². The Kier molecular flexibility index (Phi) is 5.57. The van der Waals surface area contributed by atoms with Crippen molar-refractivity contribution in [3.05, 3.63) is 70.3 Å². The van der Waals surface area contributed by atoms with Crippen LogP contribution in [0, 0.1) is 20.8 Å². The topological polar surface area (TPSA) is 45.0 Å². The maximum atomic E-state index is 12.5. The monoisotopic (exact) mass is 365 g/mol. The zero-order valence-electron chi connectivity index (χ0n) is 15.6. The third kappa shape index (κ3) is 4.05. The fourth-order valence-electron chi connectivity index (χ4n) is 2.88. The minimum absolute atomic E-state index is 0.0821. The first kappa shape index (κ1) is 18.4. The number of carbonyl (C=O) groups is 1. The fraction of sp³-hybridized carbons (Fsp3) is 0.286. The van der Waals surface area contributed by atoms with Gasteiger partial charge in [0.1, 0.15) is 0 Å². The number of aryl methyl sites for hydroxylation is 3. The van der Waals surface area contributed by atoms with E-state index >= 15 is 0 Å². The van der Waals surface area contributed by atoms with Crippen molar-refractivity contribution in [2.45, 2.75) is 39.5 Å². The van der Waals surface area contributed by atoms with E-state index in [1.165, 1.54) is 22.9 Å². The molecule has 1 fully saturated rings. The van der Waals surface area contributed by atoms with Gasteiger partial charge in [-0.1, -0.05) is 59.8 Å². The molecule has 0 radical (unpaired) electrons. The molecule has 1 amide bonds. The van der Waals surface area contributed by atoms with Crippen LogP contribution in [-0.4, -0.2) is 27.4 Å². The number of carbonyl (C=O) groups excluding carboxylic acids is 1. The molecule has 4 nitrogen and oxygen atoms in total. The van der Waals surface area contributed by atoms with Crippen LogP contribution in [0.4, 0.5) is 0 Å². The summed E-state index contributed by atoms with van der Waals surface area (Å²) in [6.07, 6.45) is 1.75. The lowest BCUT2D eigenvalue weighted by Gasteiger charge is -2.16. The summed E-state index contributed by atoms with van der Waals surface area (Å²) in [4.78, 5) is 14.3. The fourth-order valence-corrected chi connectivity index (χ4v) is 3.80. The molecule has 1 atom stereocenters. The largest absolute Gasteiger partial charge is 0.284 e. The summed E-state index contributed by atoms with van der Waals surface area (Å²) in [5, 5.41) is 9.12. The number of hydrogen-bond donors (Lipinski definition) is 0. The molecule has 0 aromatic heterocycles. The summed E-state index contributed by atoms with van der Waals surface area (Å²) in [5.74, 6) is 0.0821. The van der Waals surface area contributed by atoms with Gasteiger partial charge in [-0.2, -0.15) is 5.10 Å². The molecule has 0 aliphatic carbocycles. The lowest BCUT2D eigenvalue weighted by Crippen LogP contribution is -2.31. The van der Waals surface area contributed by atoms with Crippen molar-refractivity contribution in [2.24, 2.45) is 10.2 Å². The first-order chi connectivity index (χ1) is 12.5. The number of rotatable bonds is 4. The second-order valence-electron chi connectivity index (χ2n) is 6.60. The van der Waals surface area contributed by atoms with Gasteiger partial charge in [-0.15, -0.1) is 5.10 Å². The first-order valence-corrected chi connectivity index (χ1v) is 9.54. The molecule has 0 bridgehead atoms. The van der Waals surface area contributed by atoms with Crippen molar-refractivity contribution < 1.29 is 4.79 Å². The zero-order valence-corrected chi connectivity index (χ0v) is 16.4. The summed E-state index contributed by atoms with van der Waals surface area (Å²) < 4.78 is 0. The average Bonchev–Trinajstić information content (AvgIpc) is 2.86. The molecule has 1 saturated heterocycles. The van der Waals surface area contributed by atoms with Gasteiger partial charge in [-0.25, -0.2) is 0 Å². The summed E-state index contributed by atoms with van der Waals surface area (Å²) in [6, 6.07) is 14.3. The highest BCUT2D eigenvalue weighted by Gasteiger charge is 2.35. The molecular formula is C21H23N3OS. The summed E-state index contributed by atoms with van der Waals surface area (Å²) in [7, 11) is 0. The number of hydrogen-bond acceptors (Lipinski definition) is 4. The van der Waals surface area contributed by atoms with Crippen molar-refractivity contribution >= 4 is 29.1 Å². The second kappa shape index (κ2) is 7.87. The molecule has 0 saturated carbocycles. The average molecular weight is 366 g/mol. The maximum Gasteiger partial charge on any atom is 0.242 e. The highest BCUT2D eigenvalue weighted by atomic mass is 32.2. The maximum absolute atomic E-state index is 12.5. The number of amidine groups is 1. The van der Waals surface area contributed by atoms with E-state index in [9.17, 15) is 4.79 Å². The number of thioether (sulfide) groups is 1. The van der Waals surface area contributed by atoms with E-state index in [1.807, 2.05) is 31.2 Å². The molecule has 2 aromatic carbocycles. The Labute approximate surface area is 159 Å². The molecule has 0 N–H and O–H groups in total. The predicted molar refractivity (Wildman–Crippen MR) is 110 cm³/mol. The molecule has 134 valence electrons. The summed E-state index contributed by atoms with van der Waals surface area (Å²) >= 11 is 1.46. The molecule has 5 heteroatoms. The zero-order chi connectivity index (χ0) is 18.7. The quantitative estimate of drug-likeness (QED) is 0.593. The normalized spacial score (nSPS) is 19.1. The second-order valence-corrected chi connectivity index (χ2v) is 7.91. The van der Waals surface area contributed by atoms with Gasteiger partial charge >= 0.3 is 0 Å². The van der Waals surface area contributed by atoms with Gasteiger partial charge in [0.25, 0.3) is 0 Å². The van der Waals surface area contributed by atoms with Gasteiger partial charge in [0, 0.05) is 0 Å². The van der Waals surface area contributed by atoms with Crippen LogP contribution < -0.4 is 0 Å². The van der Waals surface area contributed by atoms with Crippen LogP contribution in [0.5, 0.6) is 0 Å². The molecule has 26 heavy (non-hydrogen) atoms. The predicted octanol–water partition coefficient (Wildman–Crippen LogP) is 4.47. The van der Waals surface area contributed by atoms with Gasteiger partial charge in [-0.05, 0) is 49.9 Å². The number of nitrogens with zero attached hydrogens (tertiary/aromatic N) is 3. The number of benzene rings is 2. The van der Waals surface area contributed by atoms with Gasteiger partial charge in [0.2, 0.25) is 5.91 Å². The third-order valence-electron chi connectivity index (χ3n) is 4.48. The van der Waals surface area contributed by atoms with Crippen LogP contribution in [0.1, 0.15) is 34.7 Å². The van der Waals surface area contributed by atoms with E-state index in [4.69, 9.17) is 0 Å². The molecule has 0 spiro atoms. The Morgan fingerprint density at radius 1 is 1.12 bits per heavy atom. The highest BCUT2D eigenvalue weighted by Crippen LogP contribution is 2.29. The summed E-state index contributed by atoms with van der Waals surface area (Å²) in [6.45, 7) is 8.62. The SMILES string of the molecule is Cc1ccc(/C=N\N=C2\S[C@@H](C)C(=O)N2Cc2ccccc2C)c(C)c1. The Bertz CT molecular complexity index is 889. The molecule has 1 aliphatic heterocycles. The minimum atomic E-state index is -0.130.